The number of alkyl halides is 3. The second kappa shape index (κ2) is 13.7. The average molecular weight is 643 g/mol. The summed E-state index contributed by atoms with van der Waals surface area (Å²) < 4.78 is 66.6. The molecule has 2 aromatic carbocycles. The number of carbonyl (C=O) groups excluding carboxylic acids is 1. The van der Waals surface area contributed by atoms with Crippen molar-refractivity contribution in [2.75, 3.05) is 69.8 Å². The van der Waals surface area contributed by atoms with Crippen LogP contribution in [0.5, 0.6) is 0 Å². The number of benzene rings is 2. The zero-order valence-electron chi connectivity index (χ0n) is 25.2. The highest BCUT2D eigenvalue weighted by Crippen LogP contribution is 2.39. The van der Waals surface area contributed by atoms with Gasteiger partial charge in [-0.15, -0.1) is 0 Å². The van der Waals surface area contributed by atoms with Crippen molar-refractivity contribution >= 4 is 33.0 Å². The lowest BCUT2D eigenvalue weighted by molar-refractivity contribution is -0.138. The molecule has 2 fully saturated rings. The number of sulfone groups is 1. The van der Waals surface area contributed by atoms with Crippen LogP contribution in [-0.4, -0.2) is 89.0 Å². The van der Waals surface area contributed by atoms with Crippen LogP contribution in [0.2, 0.25) is 5.02 Å². The Labute approximate surface area is 258 Å². The summed E-state index contributed by atoms with van der Waals surface area (Å²) in [5.74, 6) is -1.35. The summed E-state index contributed by atoms with van der Waals surface area (Å²) in [5.41, 5.74) is 1.42. The number of likely N-dealkylation sites (N-methyl/N-ethyl adjacent to an activating group) is 1. The van der Waals surface area contributed by atoms with Crippen molar-refractivity contribution in [3.8, 4) is 0 Å². The standard InChI is InChI=1S/C31H42ClF3N4O3S/c1-21(2)17-28(36-11-12-37(3)4)25-18-23(31(33,34)35)7-10-29(25)38-13-15-39(16-14-38)30(40)27-20-43(41,42)19-26(27)22-5-8-24(32)9-6-22/h5-10,18,21,26-28,36H,11-17,19-20H2,1-4H3/t26-,27+,28+/m1/s1. The molecule has 43 heavy (non-hydrogen) atoms. The highest BCUT2D eigenvalue weighted by Gasteiger charge is 2.44. The van der Waals surface area contributed by atoms with E-state index in [1.54, 1.807) is 35.2 Å². The first kappa shape index (κ1) is 33.6. The van der Waals surface area contributed by atoms with Gasteiger partial charge in [0.2, 0.25) is 5.91 Å². The molecule has 3 atom stereocenters. The first-order chi connectivity index (χ1) is 20.1. The predicted molar refractivity (Wildman–Crippen MR) is 165 cm³/mol. The summed E-state index contributed by atoms with van der Waals surface area (Å²) in [6.07, 6.45) is -3.80. The molecule has 2 saturated heterocycles. The molecule has 0 radical (unpaired) electrons. The zero-order valence-corrected chi connectivity index (χ0v) is 26.8. The van der Waals surface area contributed by atoms with Crippen molar-refractivity contribution in [2.24, 2.45) is 11.8 Å². The molecule has 12 heteroatoms. The van der Waals surface area contributed by atoms with E-state index in [0.29, 0.717) is 49.7 Å². The van der Waals surface area contributed by atoms with Gasteiger partial charge in [0, 0.05) is 61.9 Å². The lowest BCUT2D eigenvalue weighted by Crippen LogP contribution is -2.51. The number of hydrogen-bond donors (Lipinski definition) is 1. The summed E-state index contributed by atoms with van der Waals surface area (Å²) in [7, 11) is 0.518. The molecular formula is C31H42ClF3N4O3S. The van der Waals surface area contributed by atoms with Crippen LogP contribution < -0.4 is 10.2 Å². The van der Waals surface area contributed by atoms with Gasteiger partial charge in [0.1, 0.15) is 0 Å². The van der Waals surface area contributed by atoms with Gasteiger partial charge < -0.3 is 20.0 Å². The summed E-state index contributed by atoms with van der Waals surface area (Å²) in [6.45, 7) is 7.05. The number of carbonyl (C=O) groups is 1. The highest BCUT2D eigenvalue weighted by atomic mass is 35.5. The molecule has 0 bridgehead atoms. The van der Waals surface area contributed by atoms with E-state index in [4.69, 9.17) is 11.6 Å². The maximum Gasteiger partial charge on any atom is 0.416 e. The number of nitrogens with zero attached hydrogens (tertiary/aromatic N) is 3. The third-order valence-electron chi connectivity index (χ3n) is 8.29. The van der Waals surface area contributed by atoms with Crippen molar-refractivity contribution in [1.82, 2.24) is 15.1 Å². The first-order valence-electron chi connectivity index (χ1n) is 14.7. The second-order valence-electron chi connectivity index (χ2n) is 12.4. The van der Waals surface area contributed by atoms with Crippen LogP contribution in [-0.2, 0) is 20.8 Å². The zero-order chi connectivity index (χ0) is 31.5. The van der Waals surface area contributed by atoms with Gasteiger partial charge in [-0.1, -0.05) is 37.6 Å². The number of nitrogens with one attached hydrogen (secondary N) is 1. The Morgan fingerprint density at radius 1 is 1.05 bits per heavy atom. The Kier molecular flexibility index (Phi) is 10.7. The minimum absolute atomic E-state index is 0.0853. The maximum atomic E-state index is 13.8. The van der Waals surface area contributed by atoms with E-state index >= 15 is 0 Å². The van der Waals surface area contributed by atoms with Gasteiger partial charge in [0.25, 0.3) is 0 Å². The maximum absolute atomic E-state index is 13.8. The third-order valence-corrected chi connectivity index (χ3v) is 10.3. The smallest absolute Gasteiger partial charge is 0.368 e. The number of amides is 1. The molecule has 2 aliphatic rings. The molecule has 2 aromatic rings. The van der Waals surface area contributed by atoms with Gasteiger partial charge in [-0.2, -0.15) is 13.2 Å². The van der Waals surface area contributed by atoms with E-state index < -0.39 is 33.4 Å². The van der Waals surface area contributed by atoms with Crippen LogP contribution in [0.1, 0.15) is 48.9 Å². The van der Waals surface area contributed by atoms with Crippen molar-refractivity contribution < 1.29 is 26.4 Å². The number of anilines is 1. The monoisotopic (exact) mass is 642 g/mol. The topological polar surface area (TPSA) is 73.0 Å². The summed E-state index contributed by atoms with van der Waals surface area (Å²) in [5, 5.41) is 4.02. The van der Waals surface area contributed by atoms with Crippen LogP contribution in [0.15, 0.2) is 42.5 Å². The van der Waals surface area contributed by atoms with Gasteiger partial charge in [-0.05, 0) is 67.9 Å². The molecule has 0 spiro atoms. The van der Waals surface area contributed by atoms with E-state index in [1.165, 1.54) is 6.07 Å². The van der Waals surface area contributed by atoms with Crippen LogP contribution in [0.4, 0.5) is 18.9 Å². The number of halogens is 4. The van der Waals surface area contributed by atoms with Gasteiger partial charge in [0.05, 0.1) is 23.0 Å². The minimum atomic E-state index is -4.47. The first-order valence-corrected chi connectivity index (χ1v) is 16.9. The fourth-order valence-corrected chi connectivity index (χ4v) is 8.24. The molecule has 238 valence electrons. The Hall–Kier alpha value is -2.34. The Morgan fingerprint density at radius 3 is 2.28 bits per heavy atom. The summed E-state index contributed by atoms with van der Waals surface area (Å²) in [6, 6.07) is 10.6. The number of rotatable bonds is 10. The quantitative estimate of drug-likeness (QED) is 0.390. The van der Waals surface area contributed by atoms with Crippen LogP contribution in [0, 0.1) is 11.8 Å². The van der Waals surface area contributed by atoms with Gasteiger partial charge in [-0.25, -0.2) is 8.42 Å². The van der Waals surface area contributed by atoms with Gasteiger partial charge >= 0.3 is 6.18 Å². The molecule has 0 saturated carbocycles. The van der Waals surface area contributed by atoms with E-state index in [2.05, 4.69) is 19.2 Å². The van der Waals surface area contributed by atoms with Crippen molar-refractivity contribution in [2.45, 2.75) is 38.4 Å². The summed E-state index contributed by atoms with van der Waals surface area (Å²) in [4.78, 5) is 19.5. The molecule has 1 N–H and O–H groups in total. The van der Waals surface area contributed by atoms with E-state index in [0.717, 1.165) is 23.9 Å². The Balaban J connectivity index is 1.54. The third kappa shape index (κ3) is 8.65. The van der Waals surface area contributed by atoms with Gasteiger partial charge in [0.15, 0.2) is 9.84 Å². The molecule has 7 nitrogen and oxygen atoms in total. The number of hydrogen-bond acceptors (Lipinski definition) is 6. The van der Waals surface area contributed by atoms with Gasteiger partial charge in [-0.3, -0.25) is 4.79 Å². The molecule has 4 rings (SSSR count). The lowest BCUT2D eigenvalue weighted by atomic mass is 9.88. The fraction of sp³-hybridized carbons (Fsp3) is 0.581. The van der Waals surface area contributed by atoms with Crippen molar-refractivity contribution in [3.63, 3.8) is 0 Å². The highest BCUT2D eigenvalue weighted by molar-refractivity contribution is 7.91. The Bertz CT molecular complexity index is 1360. The molecule has 2 aliphatic heterocycles. The molecule has 0 aliphatic carbocycles. The molecule has 1 amide bonds. The average Bonchev–Trinajstić information content (AvgIpc) is 3.26. The Morgan fingerprint density at radius 2 is 1.70 bits per heavy atom. The van der Waals surface area contributed by atoms with Crippen molar-refractivity contribution in [1.29, 1.82) is 0 Å². The fourth-order valence-electron chi connectivity index (χ4n) is 6.08. The lowest BCUT2D eigenvalue weighted by Gasteiger charge is -2.39. The molecule has 0 unspecified atom stereocenters. The molecule has 2 heterocycles. The van der Waals surface area contributed by atoms with Crippen LogP contribution >= 0.6 is 11.6 Å². The number of piperazine rings is 1. The molecule has 0 aromatic heterocycles. The SMILES string of the molecule is CC(C)C[C@H](NCCN(C)C)c1cc(C(F)(F)F)ccc1N1CCN(C(=O)[C@H]2CS(=O)(=O)C[C@@H]2c2ccc(Cl)cc2)CC1. The van der Waals surface area contributed by atoms with E-state index in [9.17, 15) is 26.4 Å². The van der Waals surface area contributed by atoms with Crippen LogP contribution in [0.25, 0.3) is 0 Å². The van der Waals surface area contributed by atoms with E-state index in [1.807, 2.05) is 23.9 Å². The largest absolute Gasteiger partial charge is 0.416 e. The predicted octanol–water partition coefficient (Wildman–Crippen LogP) is 5.07. The minimum Gasteiger partial charge on any atom is -0.368 e. The second-order valence-corrected chi connectivity index (χ2v) is 15.0. The van der Waals surface area contributed by atoms with E-state index in [-0.39, 0.29) is 29.4 Å². The molecular weight excluding hydrogens is 601 g/mol. The normalized spacial score (nSPS) is 21.5. The van der Waals surface area contributed by atoms with Crippen molar-refractivity contribution in [3.05, 3.63) is 64.2 Å². The van der Waals surface area contributed by atoms with Crippen LogP contribution in [0.3, 0.4) is 0 Å². The summed E-state index contributed by atoms with van der Waals surface area (Å²) >= 11 is 6.02.